The Morgan fingerprint density at radius 3 is 2.68 bits per heavy atom. The summed E-state index contributed by atoms with van der Waals surface area (Å²) in [6.45, 7) is 0.756. The SMILES string of the molecule is O=[N+]([O-])c1cnc(NC2CCOC(C3CC3)C2)nc1. The second-order valence-electron chi connectivity index (χ2n) is 5.13. The minimum Gasteiger partial charge on any atom is -0.378 e. The first-order chi connectivity index (χ1) is 9.22. The molecule has 19 heavy (non-hydrogen) atoms. The molecule has 1 aromatic rings. The van der Waals surface area contributed by atoms with E-state index in [4.69, 9.17) is 4.74 Å². The first kappa shape index (κ1) is 12.3. The van der Waals surface area contributed by atoms with Gasteiger partial charge >= 0.3 is 5.69 Å². The van der Waals surface area contributed by atoms with Crippen LogP contribution >= 0.6 is 0 Å². The van der Waals surface area contributed by atoms with E-state index in [9.17, 15) is 10.1 Å². The van der Waals surface area contributed by atoms with Crippen molar-refractivity contribution in [2.75, 3.05) is 11.9 Å². The summed E-state index contributed by atoms with van der Waals surface area (Å²) in [5.74, 6) is 1.18. The monoisotopic (exact) mass is 264 g/mol. The smallest absolute Gasteiger partial charge is 0.305 e. The van der Waals surface area contributed by atoms with E-state index in [0.29, 0.717) is 18.1 Å². The molecular formula is C12H16N4O3. The number of rotatable bonds is 4. The topological polar surface area (TPSA) is 90.2 Å². The van der Waals surface area contributed by atoms with E-state index in [2.05, 4.69) is 15.3 Å². The Bertz CT molecular complexity index is 461. The molecule has 0 bridgehead atoms. The van der Waals surface area contributed by atoms with Crippen molar-refractivity contribution >= 4 is 11.6 Å². The Hall–Kier alpha value is -1.76. The van der Waals surface area contributed by atoms with Gasteiger partial charge in [0, 0.05) is 12.6 Å². The molecule has 1 N–H and O–H groups in total. The van der Waals surface area contributed by atoms with Gasteiger partial charge in [-0.2, -0.15) is 0 Å². The maximum atomic E-state index is 10.5. The largest absolute Gasteiger partial charge is 0.378 e. The fraction of sp³-hybridized carbons (Fsp3) is 0.667. The summed E-state index contributed by atoms with van der Waals surface area (Å²) in [7, 11) is 0. The average Bonchev–Trinajstić information content (AvgIpc) is 3.24. The van der Waals surface area contributed by atoms with E-state index in [1.807, 2.05) is 0 Å². The molecule has 2 heterocycles. The van der Waals surface area contributed by atoms with Crippen molar-refractivity contribution in [2.24, 2.45) is 5.92 Å². The zero-order valence-corrected chi connectivity index (χ0v) is 10.5. The number of nitro groups is 1. The lowest BCUT2D eigenvalue weighted by atomic mass is 10.0. The van der Waals surface area contributed by atoms with Gasteiger partial charge in [-0.05, 0) is 31.6 Å². The van der Waals surface area contributed by atoms with Gasteiger partial charge in [0.05, 0.1) is 11.0 Å². The van der Waals surface area contributed by atoms with Gasteiger partial charge in [0.15, 0.2) is 0 Å². The van der Waals surface area contributed by atoms with Crippen LogP contribution in [0.5, 0.6) is 0 Å². The fourth-order valence-electron chi connectivity index (χ4n) is 2.43. The van der Waals surface area contributed by atoms with E-state index in [1.54, 1.807) is 0 Å². The zero-order chi connectivity index (χ0) is 13.2. The molecule has 102 valence electrons. The molecule has 2 unspecified atom stereocenters. The second kappa shape index (κ2) is 5.08. The Labute approximate surface area is 110 Å². The van der Waals surface area contributed by atoms with Gasteiger partial charge in [0.1, 0.15) is 12.4 Å². The highest BCUT2D eigenvalue weighted by Gasteiger charge is 2.35. The summed E-state index contributed by atoms with van der Waals surface area (Å²) in [5.41, 5.74) is -0.0895. The number of nitrogens with one attached hydrogen (secondary N) is 1. The summed E-state index contributed by atoms with van der Waals surface area (Å²) in [4.78, 5) is 18.0. The molecule has 1 aliphatic heterocycles. The van der Waals surface area contributed by atoms with Crippen LogP contribution in [0.25, 0.3) is 0 Å². The molecule has 0 amide bonds. The number of hydrogen-bond donors (Lipinski definition) is 1. The lowest BCUT2D eigenvalue weighted by molar-refractivity contribution is -0.385. The number of nitrogens with zero attached hydrogens (tertiary/aromatic N) is 3. The van der Waals surface area contributed by atoms with Gasteiger partial charge in [-0.3, -0.25) is 10.1 Å². The molecule has 3 rings (SSSR count). The highest BCUT2D eigenvalue weighted by Crippen LogP contribution is 2.38. The average molecular weight is 264 g/mol. The molecule has 1 aliphatic carbocycles. The quantitative estimate of drug-likeness (QED) is 0.658. The standard InChI is InChI=1S/C12H16N4O3/c17-16(18)10-6-13-12(14-7-10)15-9-3-4-19-11(5-9)8-1-2-8/h6-9,11H,1-5H2,(H,13,14,15). The summed E-state index contributed by atoms with van der Waals surface area (Å²) in [6.07, 6.45) is 7.23. The maximum Gasteiger partial charge on any atom is 0.305 e. The molecule has 0 aromatic carbocycles. The van der Waals surface area contributed by atoms with Crippen LogP contribution in [0.15, 0.2) is 12.4 Å². The van der Waals surface area contributed by atoms with Crippen molar-refractivity contribution in [3.63, 3.8) is 0 Å². The van der Waals surface area contributed by atoms with Crippen LogP contribution in [0.2, 0.25) is 0 Å². The van der Waals surface area contributed by atoms with E-state index in [-0.39, 0.29) is 5.69 Å². The van der Waals surface area contributed by atoms with Crippen LogP contribution in [0.4, 0.5) is 11.6 Å². The fourth-order valence-corrected chi connectivity index (χ4v) is 2.43. The molecule has 2 fully saturated rings. The molecule has 7 heteroatoms. The van der Waals surface area contributed by atoms with Crippen molar-refractivity contribution in [1.29, 1.82) is 0 Å². The molecule has 7 nitrogen and oxygen atoms in total. The van der Waals surface area contributed by atoms with Crippen LogP contribution in [0.3, 0.4) is 0 Å². The van der Waals surface area contributed by atoms with Gasteiger partial charge in [-0.25, -0.2) is 9.97 Å². The summed E-state index contributed by atoms with van der Waals surface area (Å²) in [6, 6.07) is 0.292. The number of anilines is 1. The molecular weight excluding hydrogens is 248 g/mol. The van der Waals surface area contributed by atoms with Crippen molar-refractivity contribution in [1.82, 2.24) is 9.97 Å². The second-order valence-corrected chi connectivity index (χ2v) is 5.13. The molecule has 1 aromatic heterocycles. The minimum absolute atomic E-state index is 0.0895. The summed E-state index contributed by atoms with van der Waals surface area (Å²) in [5, 5.41) is 13.8. The van der Waals surface area contributed by atoms with E-state index >= 15 is 0 Å². The lowest BCUT2D eigenvalue weighted by Crippen LogP contribution is -2.35. The van der Waals surface area contributed by atoms with Crippen molar-refractivity contribution in [2.45, 2.75) is 37.8 Å². The zero-order valence-electron chi connectivity index (χ0n) is 10.5. The van der Waals surface area contributed by atoms with Crippen LogP contribution in [0, 0.1) is 16.0 Å². The number of hydrogen-bond acceptors (Lipinski definition) is 6. The number of aromatic nitrogens is 2. The van der Waals surface area contributed by atoms with Crippen LogP contribution < -0.4 is 5.32 Å². The Morgan fingerprint density at radius 1 is 1.32 bits per heavy atom. The predicted molar refractivity (Wildman–Crippen MR) is 67.8 cm³/mol. The molecule has 1 saturated heterocycles. The first-order valence-electron chi connectivity index (χ1n) is 6.57. The third-order valence-corrected chi connectivity index (χ3v) is 3.65. The molecule has 2 aliphatic rings. The minimum atomic E-state index is -0.499. The van der Waals surface area contributed by atoms with Crippen LogP contribution in [0.1, 0.15) is 25.7 Å². The third-order valence-electron chi connectivity index (χ3n) is 3.65. The molecule has 1 saturated carbocycles. The van der Waals surface area contributed by atoms with Gasteiger partial charge in [-0.15, -0.1) is 0 Å². The Balaban J connectivity index is 1.59. The lowest BCUT2D eigenvalue weighted by Gasteiger charge is -2.30. The van der Waals surface area contributed by atoms with Gasteiger partial charge in [0.25, 0.3) is 0 Å². The van der Waals surface area contributed by atoms with Crippen LogP contribution in [-0.2, 0) is 4.74 Å². The number of ether oxygens (including phenoxy) is 1. The first-order valence-corrected chi connectivity index (χ1v) is 6.57. The van der Waals surface area contributed by atoms with Crippen molar-refractivity contribution in [3.8, 4) is 0 Å². The van der Waals surface area contributed by atoms with E-state index in [1.165, 1.54) is 25.2 Å². The highest BCUT2D eigenvalue weighted by atomic mass is 16.6. The third kappa shape index (κ3) is 2.98. The maximum absolute atomic E-state index is 10.5. The Kier molecular flexibility index (Phi) is 3.29. The summed E-state index contributed by atoms with van der Waals surface area (Å²) < 4.78 is 5.75. The van der Waals surface area contributed by atoms with Crippen molar-refractivity contribution in [3.05, 3.63) is 22.5 Å². The normalized spacial score (nSPS) is 26.9. The van der Waals surface area contributed by atoms with Gasteiger partial charge < -0.3 is 10.1 Å². The molecule has 0 radical (unpaired) electrons. The van der Waals surface area contributed by atoms with Gasteiger partial charge in [-0.1, -0.05) is 0 Å². The summed E-state index contributed by atoms with van der Waals surface area (Å²) >= 11 is 0. The van der Waals surface area contributed by atoms with Gasteiger partial charge in [0.2, 0.25) is 5.95 Å². The molecule has 0 spiro atoms. The predicted octanol–water partition coefficient (Wildman–Crippen LogP) is 1.75. The van der Waals surface area contributed by atoms with E-state index in [0.717, 1.165) is 25.4 Å². The highest BCUT2D eigenvalue weighted by molar-refractivity contribution is 5.31. The van der Waals surface area contributed by atoms with E-state index < -0.39 is 4.92 Å². The van der Waals surface area contributed by atoms with Crippen LogP contribution in [-0.4, -0.2) is 33.6 Å². The molecule has 2 atom stereocenters. The van der Waals surface area contributed by atoms with Crippen molar-refractivity contribution < 1.29 is 9.66 Å². The Morgan fingerprint density at radius 2 is 2.05 bits per heavy atom.